The Morgan fingerprint density at radius 1 is 0.640 bits per heavy atom. The number of aromatic carboxylic acids is 2. The molecule has 0 aromatic heterocycles. The molecule has 0 radical (unpaired) electrons. The first kappa shape index (κ1) is 13.8. The highest BCUT2D eigenvalue weighted by Crippen LogP contribution is 2.58. The molecule has 4 aromatic carbocycles. The third-order valence-corrected chi connectivity index (χ3v) is 4.68. The maximum absolute atomic E-state index is 12.0. The van der Waals surface area contributed by atoms with Crippen LogP contribution in [-0.4, -0.2) is 22.2 Å². The van der Waals surface area contributed by atoms with E-state index in [1.165, 1.54) is 0 Å². The third-order valence-electron chi connectivity index (χ3n) is 4.68. The number of hydrogen-bond acceptors (Lipinski definition) is 3. The van der Waals surface area contributed by atoms with E-state index < -0.39 is 11.9 Å². The molecule has 0 unspecified atom stereocenters. The standard InChI is InChI=1S/C20H10O5/c21-19(22)15-13-11-7-3-1-5-9(11)10-6-2-4-8-12(10)14(13)17-18(25-17)16(15)20(23)24/h1-8H,(H,21,22)(H,23,24). The molecule has 0 amide bonds. The summed E-state index contributed by atoms with van der Waals surface area (Å²) in [5.41, 5.74) is -0.504. The van der Waals surface area contributed by atoms with Gasteiger partial charge < -0.3 is 14.9 Å². The van der Waals surface area contributed by atoms with Crippen LogP contribution >= 0.6 is 0 Å². The Labute approximate surface area is 140 Å². The highest BCUT2D eigenvalue weighted by Gasteiger charge is 2.38. The number of fused-ring (bicyclic) bond motifs is 8. The fourth-order valence-electron chi connectivity index (χ4n) is 3.70. The van der Waals surface area contributed by atoms with Gasteiger partial charge in [-0.15, -0.1) is 0 Å². The monoisotopic (exact) mass is 330 g/mol. The molecule has 0 fully saturated rings. The first-order valence-corrected chi connectivity index (χ1v) is 7.67. The lowest BCUT2D eigenvalue weighted by molar-refractivity contribution is 0.0653. The van der Waals surface area contributed by atoms with Crippen molar-refractivity contribution < 1.29 is 24.5 Å². The normalized spacial score (nSPS) is 12.2. The molecule has 5 rings (SSSR count). The molecule has 1 aliphatic rings. The smallest absolute Gasteiger partial charge is 0.340 e. The number of rotatable bonds is 2. The van der Waals surface area contributed by atoms with E-state index in [1.54, 1.807) is 0 Å². The maximum atomic E-state index is 12.0. The summed E-state index contributed by atoms with van der Waals surface area (Å²) in [4.78, 5) is 23.7. The molecule has 4 aromatic rings. The predicted octanol–water partition coefficient (Wildman–Crippen LogP) is 4.65. The summed E-state index contributed by atoms with van der Waals surface area (Å²) >= 11 is 0. The van der Waals surface area contributed by atoms with Gasteiger partial charge in [-0.1, -0.05) is 48.5 Å². The zero-order chi connectivity index (χ0) is 17.3. The largest absolute Gasteiger partial charge is 0.478 e. The van der Waals surface area contributed by atoms with E-state index in [0.29, 0.717) is 21.9 Å². The quantitative estimate of drug-likeness (QED) is 0.363. The van der Waals surface area contributed by atoms with Crippen molar-refractivity contribution in [1.82, 2.24) is 0 Å². The topological polar surface area (TPSA) is 87.1 Å². The molecule has 25 heavy (non-hydrogen) atoms. The van der Waals surface area contributed by atoms with Crippen molar-refractivity contribution >= 4 is 44.3 Å². The van der Waals surface area contributed by atoms with Crippen molar-refractivity contribution in [2.24, 2.45) is 0 Å². The molecule has 1 heterocycles. The van der Waals surface area contributed by atoms with Crippen molar-refractivity contribution in [2.45, 2.75) is 0 Å². The van der Waals surface area contributed by atoms with Crippen LogP contribution in [0.15, 0.2) is 48.5 Å². The number of carboxylic acids is 2. The van der Waals surface area contributed by atoms with E-state index in [9.17, 15) is 19.8 Å². The number of carboxylic acid groups (broad SMARTS) is 2. The average Bonchev–Trinajstić information content (AvgIpc) is 3.40. The van der Waals surface area contributed by atoms with Crippen LogP contribution in [0.3, 0.4) is 0 Å². The first-order valence-electron chi connectivity index (χ1n) is 7.67. The SMILES string of the molecule is O=C(O)c1c2c(c3c4ccccc4c4ccccc4c3c1C(=O)O)O2. The minimum atomic E-state index is -1.30. The Balaban J connectivity index is 2.20. The molecule has 5 nitrogen and oxygen atoms in total. The first-order chi connectivity index (χ1) is 12.1. The van der Waals surface area contributed by atoms with Gasteiger partial charge in [0.15, 0.2) is 11.5 Å². The van der Waals surface area contributed by atoms with Gasteiger partial charge in [0, 0.05) is 10.8 Å². The van der Waals surface area contributed by atoms with Crippen LogP contribution in [0, 0.1) is 0 Å². The molecule has 120 valence electrons. The highest BCUT2D eigenvalue weighted by molar-refractivity contribution is 6.33. The van der Waals surface area contributed by atoms with E-state index in [1.807, 2.05) is 48.5 Å². The number of ether oxygens (including phenoxy) is 1. The van der Waals surface area contributed by atoms with Crippen molar-refractivity contribution in [3.05, 3.63) is 59.7 Å². The predicted molar refractivity (Wildman–Crippen MR) is 93.0 cm³/mol. The summed E-state index contributed by atoms with van der Waals surface area (Å²) in [5.74, 6) is -1.97. The Kier molecular flexibility index (Phi) is 2.47. The van der Waals surface area contributed by atoms with E-state index in [2.05, 4.69) is 0 Å². The zero-order valence-electron chi connectivity index (χ0n) is 12.7. The number of benzene rings is 4. The Morgan fingerprint density at radius 3 is 1.64 bits per heavy atom. The van der Waals surface area contributed by atoms with Gasteiger partial charge in [-0.25, -0.2) is 9.59 Å². The van der Waals surface area contributed by atoms with Crippen molar-refractivity contribution in [3.63, 3.8) is 0 Å². The molecule has 5 heteroatoms. The van der Waals surface area contributed by atoms with Crippen LogP contribution in [0.2, 0.25) is 0 Å². The number of carbonyl (C=O) groups is 2. The second-order valence-corrected chi connectivity index (χ2v) is 5.96. The summed E-state index contributed by atoms with van der Waals surface area (Å²) in [6.07, 6.45) is 0. The van der Waals surface area contributed by atoms with Gasteiger partial charge in [-0.3, -0.25) is 0 Å². The van der Waals surface area contributed by atoms with E-state index in [-0.39, 0.29) is 16.9 Å². The lowest BCUT2D eigenvalue weighted by Crippen LogP contribution is -2.07. The molecule has 0 bridgehead atoms. The summed E-state index contributed by atoms with van der Waals surface area (Å²) in [7, 11) is 0. The van der Waals surface area contributed by atoms with Gasteiger partial charge in [0.2, 0.25) is 0 Å². The highest BCUT2D eigenvalue weighted by atomic mass is 16.6. The molecule has 2 N–H and O–H groups in total. The van der Waals surface area contributed by atoms with Gasteiger partial charge >= 0.3 is 11.9 Å². The summed E-state index contributed by atoms with van der Waals surface area (Å²) in [6.45, 7) is 0. The van der Waals surface area contributed by atoms with Crippen molar-refractivity contribution in [1.29, 1.82) is 0 Å². The van der Waals surface area contributed by atoms with Crippen LogP contribution in [-0.2, 0) is 0 Å². The molecular formula is C20H10O5. The fourth-order valence-corrected chi connectivity index (χ4v) is 3.70. The second-order valence-electron chi connectivity index (χ2n) is 5.96. The van der Waals surface area contributed by atoms with Gasteiger partial charge in [0.25, 0.3) is 0 Å². The van der Waals surface area contributed by atoms with E-state index in [0.717, 1.165) is 16.2 Å². The minimum absolute atomic E-state index is 0.151. The second kappa shape index (κ2) is 4.48. The fraction of sp³-hybridized carbons (Fsp3) is 0. The summed E-state index contributed by atoms with van der Waals surface area (Å²) in [6, 6.07) is 15.1. The molecule has 1 aliphatic heterocycles. The van der Waals surface area contributed by atoms with E-state index >= 15 is 0 Å². The maximum Gasteiger partial charge on any atom is 0.340 e. The average molecular weight is 330 g/mol. The van der Waals surface area contributed by atoms with Crippen LogP contribution in [0.1, 0.15) is 20.7 Å². The number of hydrogen-bond donors (Lipinski definition) is 2. The summed E-state index contributed by atoms with van der Waals surface area (Å²) in [5, 5.41) is 23.8. The Morgan fingerprint density at radius 2 is 1.12 bits per heavy atom. The minimum Gasteiger partial charge on any atom is -0.478 e. The molecule has 0 spiro atoms. The lowest BCUT2D eigenvalue weighted by Gasteiger charge is -2.11. The Bertz CT molecular complexity index is 1270. The lowest BCUT2D eigenvalue weighted by atomic mass is 9.89. The van der Waals surface area contributed by atoms with Crippen molar-refractivity contribution in [2.75, 3.05) is 0 Å². The van der Waals surface area contributed by atoms with Gasteiger partial charge in [0.05, 0.1) is 5.56 Å². The van der Waals surface area contributed by atoms with Crippen LogP contribution in [0.5, 0.6) is 11.5 Å². The zero-order valence-corrected chi connectivity index (χ0v) is 12.7. The van der Waals surface area contributed by atoms with Crippen LogP contribution in [0.4, 0.5) is 0 Å². The Hall–Kier alpha value is -3.60. The van der Waals surface area contributed by atoms with Crippen molar-refractivity contribution in [3.8, 4) is 11.5 Å². The van der Waals surface area contributed by atoms with E-state index in [4.69, 9.17) is 4.74 Å². The van der Waals surface area contributed by atoms with Crippen LogP contribution < -0.4 is 4.74 Å². The molecule has 0 atom stereocenters. The third kappa shape index (κ3) is 1.67. The molecule has 0 aliphatic carbocycles. The van der Waals surface area contributed by atoms with Gasteiger partial charge in [-0.05, 0) is 21.5 Å². The molecular weight excluding hydrogens is 320 g/mol. The van der Waals surface area contributed by atoms with Gasteiger partial charge in [-0.2, -0.15) is 0 Å². The van der Waals surface area contributed by atoms with Gasteiger partial charge in [0.1, 0.15) is 5.56 Å². The molecule has 0 saturated carbocycles. The van der Waals surface area contributed by atoms with Crippen LogP contribution in [0.25, 0.3) is 32.3 Å². The molecule has 0 saturated heterocycles. The summed E-state index contributed by atoms with van der Waals surface area (Å²) < 4.78 is 5.45.